The summed E-state index contributed by atoms with van der Waals surface area (Å²) in [6.07, 6.45) is 1.66. The molecule has 4 heteroatoms. The zero-order valence-corrected chi connectivity index (χ0v) is 8.68. The van der Waals surface area contributed by atoms with Gasteiger partial charge in [0.2, 0.25) is 0 Å². The van der Waals surface area contributed by atoms with Gasteiger partial charge >= 0.3 is 0 Å². The molecule has 0 amide bonds. The van der Waals surface area contributed by atoms with Crippen LogP contribution in [0.25, 0.3) is 0 Å². The Balaban J connectivity index is 2.95. The van der Waals surface area contributed by atoms with Gasteiger partial charge in [0.15, 0.2) is 0 Å². The van der Waals surface area contributed by atoms with Crippen molar-refractivity contribution in [2.24, 2.45) is 9.98 Å². The molecule has 1 aromatic carbocycles. The number of aliphatic hydroxyl groups excluding tert-OH is 1. The van der Waals surface area contributed by atoms with E-state index in [4.69, 9.17) is 9.84 Å². The molecule has 0 aliphatic rings. The molecule has 0 heterocycles. The molecule has 1 N–H and O–H groups in total. The molecule has 0 aliphatic carbocycles. The first kappa shape index (κ1) is 11.4. The highest BCUT2D eigenvalue weighted by Crippen LogP contribution is 2.22. The van der Waals surface area contributed by atoms with E-state index >= 15 is 0 Å². The summed E-state index contributed by atoms with van der Waals surface area (Å²) < 4.78 is 5.09. The van der Waals surface area contributed by atoms with E-state index < -0.39 is 0 Å². The number of nitrogens with zero attached hydrogens (tertiary/aromatic N) is 2. The Bertz CT molecular complexity index is 362. The standard InChI is InChI=1S/C11H14N2O2/c1-12-11-4-3-10(15-2)7-9(11)8-13-5-6-14/h3-4,7-8,14H,1,5-6H2,2H3. The fraction of sp³-hybridized carbons (Fsp3) is 0.273. The van der Waals surface area contributed by atoms with Gasteiger partial charge in [0.1, 0.15) is 5.75 Å². The number of rotatable bonds is 5. The molecule has 0 aliphatic heterocycles. The molecule has 4 nitrogen and oxygen atoms in total. The molecule has 0 bridgehead atoms. The predicted molar refractivity (Wildman–Crippen MR) is 61.7 cm³/mol. The zero-order chi connectivity index (χ0) is 11.1. The van der Waals surface area contributed by atoms with Gasteiger partial charge in [-0.25, -0.2) is 0 Å². The van der Waals surface area contributed by atoms with Crippen molar-refractivity contribution in [1.29, 1.82) is 0 Å². The molecule has 0 aromatic heterocycles. The summed E-state index contributed by atoms with van der Waals surface area (Å²) in [5.74, 6) is 0.743. The lowest BCUT2D eigenvalue weighted by Gasteiger charge is -2.03. The molecule has 1 rings (SSSR count). The molecule has 80 valence electrons. The third kappa shape index (κ3) is 3.18. The highest BCUT2D eigenvalue weighted by atomic mass is 16.5. The van der Waals surface area contributed by atoms with Gasteiger partial charge in [-0.05, 0) is 24.9 Å². The maximum absolute atomic E-state index is 8.60. The van der Waals surface area contributed by atoms with Crippen LogP contribution in [0.5, 0.6) is 5.75 Å². The van der Waals surface area contributed by atoms with Crippen molar-refractivity contribution in [1.82, 2.24) is 0 Å². The predicted octanol–water partition coefficient (Wildman–Crippen LogP) is 1.44. The van der Waals surface area contributed by atoms with Gasteiger partial charge in [-0.3, -0.25) is 9.98 Å². The van der Waals surface area contributed by atoms with Gasteiger partial charge in [0, 0.05) is 11.8 Å². The lowest BCUT2D eigenvalue weighted by Crippen LogP contribution is -1.91. The molecular formula is C11H14N2O2. The Labute approximate surface area is 89.0 Å². The quantitative estimate of drug-likeness (QED) is 0.741. The Morgan fingerprint density at radius 3 is 2.93 bits per heavy atom. The molecule has 0 fully saturated rings. The van der Waals surface area contributed by atoms with Crippen LogP contribution < -0.4 is 4.74 Å². The minimum Gasteiger partial charge on any atom is -0.497 e. The number of ether oxygens (including phenoxy) is 1. The van der Waals surface area contributed by atoms with Crippen LogP contribution in [0, 0.1) is 0 Å². The normalized spacial score (nSPS) is 10.5. The number of aliphatic hydroxyl groups is 1. The summed E-state index contributed by atoms with van der Waals surface area (Å²) >= 11 is 0. The Morgan fingerprint density at radius 2 is 2.33 bits per heavy atom. The Morgan fingerprint density at radius 1 is 1.53 bits per heavy atom. The first-order valence-electron chi connectivity index (χ1n) is 4.57. The lowest BCUT2D eigenvalue weighted by atomic mass is 10.2. The van der Waals surface area contributed by atoms with E-state index in [1.165, 1.54) is 0 Å². The molecule has 0 saturated heterocycles. The Kier molecular flexibility index (Phi) is 4.50. The van der Waals surface area contributed by atoms with Gasteiger partial charge in [-0.2, -0.15) is 0 Å². The summed E-state index contributed by atoms with van der Waals surface area (Å²) in [5, 5.41) is 8.60. The zero-order valence-electron chi connectivity index (χ0n) is 8.68. The molecule has 0 saturated carbocycles. The average molecular weight is 206 g/mol. The van der Waals surface area contributed by atoms with Crippen molar-refractivity contribution >= 4 is 18.6 Å². The van der Waals surface area contributed by atoms with E-state index in [1.807, 2.05) is 18.2 Å². The van der Waals surface area contributed by atoms with Crippen LogP contribution in [0.4, 0.5) is 5.69 Å². The van der Waals surface area contributed by atoms with E-state index in [0.717, 1.165) is 17.0 Å². The average Bonchev–Trinajstić information content (AvgIpc) is 2.29. The first-order valence-corrected chi connectivity index (χ1v) is 4.57. The van der Waals surface area contributed by atoms with Gasteiger partial charge < -0.3 is 9.84 Å². The molecule has 15 heavy (non-hydrogen) atoms. The molecule has 0 spiro atoms. The van der Waals surface area contributed by atoms with Crippen molar-refractivity contribution in [2.75, 3.05) is 20.3 Å². The second kappa shape index (κ2) is 5.93. The van der Waals surface area contributed by atoms with E-state index in [-0.39, 0.29) is 6.61 Å². The summed E-state index contributed by atoms with van der Waals surface area (Å²) in [5.41, 5.74) is 1.58. The van der Waals surface area contributed by atoms with Crippen molar-refractivity contribution in [3.05, 3.63) is 23.8 Å². The minimum absolute atomic E-state index is 0.0390. The van der Waals surface area contributed by atoms with Crippen LogP contribution >= 0.6 is 0 Å². The summed E-state index contributed by atoms with van der Waals surface area (Å²) in [7, 11) is 1.60. The molecule has 0 atom stereocenters. The van der Waals surface area contributed by atoms with Crippen LogP contribution in [0.15, 0.2) is 28.2 Å². The number of methoxy groups -OCH3 is 1. The second-order valence-corrected chi connectivity index (χ2v) is 2.84. The van der Waals surface area contributed by atoms with E-state index in [0.29, 0.717) is 6.54 Å². The molecule has 0 unspecified atom stereocenters. The van der Waals surface area contributed by atoms with Gasteiger partial charge in [-0.1, -0.05) is 0 Å². The number of benzene rings is 1. The third-order valence-corrected chi connectivity index (χ3v) is 1.86. The van der Waals surface area contributed by atoms with Crippen LogP contribution in [0.1, 0.15) is 5.56 Å². The van der Waals surface area contributed by atoms with Gasteiger partial charge in [0.25, 0.3) is 0 Å². The number of aliphatic imine (C=N–C) groups is 2. The third-order valence-electron chi connectivity index (χ3n) is 1.86. The summed E-state index contributed by atoms with van der Waals surface area (Å²) in [6, 6.07) is 5.45. The first-order chi connectivity index (χ1) is 7.31. The monoisotopic (exact) mass is 206 g/mol. The van der Waals surface area contributed by atoms with Gasteiger partial charge in [0.05, 0.1) is 25.9 Å². The Hall–Kier alpha value is -1.68. The van der Waals surface area contributed by atoms with Crippen LogP contribution in [0.2, 0.25) is 0 Å². The summed E-state index contributed by atoms with van der Waals surface area (Å²) in [6.45, 7) is 3.90. The van der Waals surface area contributed by atoms with Crippen LogP contribution in [0.3, 0.4) is 0 Å². The molecule has 0 radical (unpaired) electrons. The fourth-order valence-corrected chi connectivity index (χ4v) is 1.13. The number of hydrogen-bond acceptors (Lipinski definition) is 4. The topological polar surface area (TPSA) is 54.2 Å². The second-order valence-electron chi connectivity index (χ2n) is 2.84. The van der Waals surface area contributed by atoms with Crippen LogP contribution in [-0.4, -0.2) is 38.3 Å². The summed E-state index contributed by atoms with van der Waals surface area (Å²) in [4.78, 5) is 7.89. The van der Waals surface area contributed by atoms with Gasteiger partial charge in [-0.15, -0.1) is 0 Å². The highest BCUT2D eigenvalue weighted by Gasteiger charge is 1.99. The minimum atomic E-state index is 0.0390. The van der Waals surface area contributed by atoms with Crippen molar-refractivity contribution in [2.45, 2.75) is 0 Å². The smallest absolute Gasteiger partial charge is 0.119 e. The molecule has 1 aromatic rings. The van der Waals surface area contributed by atoms with Crippen molar-refractivity contribution in [3.63, 3.8) is 0 Å². The number of hydrogen-bond donors (Lipinski definition) is 1. The van der Waals surface area contributed by atoms with Crippen molar-refractivity contribution < 1.29 is 9.84 Å². The maximum Gasteiger partial charge on any atom is 0.119 e. The molecular weight excluding hydrogens is 192 g/mol. The lowest BCUT2D eigenvalue weighted by molar-refractivity contribution is 0.307. The fourth-order valence-electron chi connectivity index (χ4n) is 1.13. The maximum atomic E-state index is 8.60. The van der Waals surface area contributed by atoms with E-state index in [1.54, 1.807) is 13.3 Å². The largest absolute Gasteiger partial charge is 0.497 e. The van der Waals surface area contributed by atoms with Crippen molar-refractivity contribution in [3.8, 4) is 5.75 Å². The van der Waals surface area contributed by atoms with E-state index in [2.05, 4.69) is 16.7 Å². The van der Waals surface area contributed by atoms with E-state index in [9.17, 15) is 0 Å². The highest BCUT2D eigenvalue weighted by molar-refractivity contribution is 5.87. The van der Waals surface area contributed by atoms with Crippen LogP contribution in [-0.2, 0) is 0 Å². The SMILES string of the molecule is C=Nc1ccc(OC)cc1C=NCCO.